The standard InChI is InChI=1S/C22H22N4O5S/c1-30-17-6-8-19(9-7-17)32(28,29)26-11-10-20-16(14-26)13-23-22(24-20)25-21(27)15-4-3-5-18(12-15)31-2/h3-9,12-13H,10-11,14H2,1-2H3,(H,23,24,25,27). The van der Waals surface area contributed by atoms with Crippen molar-refractivity contribution in [2.24, 2.45) is 0 Å². The summed E-state index contributed by atoms with van der Waals surface area (Å²) in [7, 11) is -0.605. The zero-order valence-electron chi connectivity index (χ0n) is 17.6. The summed E-state index contributed by atoms with van der Waals surface area (Å²) in [5.41, 5.74) is 1.83. The number of hydrogen-bond acceptors (Lipinski definition) is 7. The van der Waals surface area contributed by atoms with Crippen molar-refractivity contribution in [1.82, 2.24) is 14.3 Å². The van der Waals surface area contributed by atoms with Gasteiger partial charge >= 0.3 is 0 Å². The van der Waals surface area contributed by atoms with Crippen molar-refractivity contribution in [3.63, 3.8) is 0 Å². The second-order valence-electron chi connectivity index (χ2n) is 7.12. The van der Waals surface area contributed by atoms with E-state index in [1.165, 1.54) is 30.7 Å². The number of nitrogens with zero attached hydrogens (tertiary/aromatic N) is 3. The van der Waals surface area contributed by atoms with E-state index >= 15 is 0 Å². The first kappa shape index (κ1) is 21.7. The predicted molar refractivity (Wildman–Crippen MR) is 117 cm³/mol. The Labute approximate surface area is 186 Å². The van der Waals surface area contributed by atoms with Crippen LogP contribution in [-0.2, 0) is 23.0 Å². The maximum atomic E-state index is 13.0. The molecule has 1 N–H and O–H groups in total. The van der Waals surface area contributed by atoms with Crippen LogP contribution in [0.3, 0.4) is 0 Å². The van der Waals surface area contributed by atoms with Gasteiger partial charge < -0.3 is 9.47 Å². The summed E-state index contributed by atoms with van der Waals surface area (Å²) in [6.07, 6.45) is 1.97. The van der Waals surface area contributed by atoms with E-state index in [4.69, 9.17) is 9.47 Å². The Morgan fingerprint density at radius 2 is 1.81 bits per heavy atom. The fraction of sp³-hybridized carbons (Fsp3) is 0.227. The number of fused-ring (bicyclic) bond motifs is 1. The normalized spacial score (nSPS) is 13.8. The minimum Gasteiger partial charge on any atom is -0.497 e. The molecule has 0 bridgehead atoms. The molecule has 1 aliphatic heterocycles. The second-order valence-corrected chi connectivity index (χ2v) is 9.05. The zero-order valence-corrected chi connectivity index (χ0v) is 18.4. The maximum absolute atomic E-state index is 13.0. The summed E-state index contributed by atoms with van der Waals surface area (Å²) in [4.78, 5) is 21.3. The molecule has 0 unspecified atom stereocenters. The van der Waals surface area contributed by atoms with Gasteiger partial charge in [0, 0.05) is 36.8 Å². The number of nitrogens with one attached hydrogen (secondary N) is 1. The number of methoxy groups -OCH3 is 2. The van der Waals surface area contributed by atoms with Crippen LogP contribution in [-0.4, -0.2) is 49.4 Å². The highest BCUT2D eigenvalue weighted by Crippen LogP contribution is 2.25. The fourth-order valence-corrected chi connectivity index (χ4v) is 4.81. The molecule has 0 fully saturated rings. The third-order valence-electron chi connectivity index (χ3n) is 5.15. The van der Waals surface area contributed by atoms with Crippen LogP contribution in [0.5, 0.6) is 11.5 Å². The van der Waals surface area contributed by atoms with Crippen LogP contribution in [0.4, 0.5) is 5.95 Å². The molecule has 2 aromatic carbocycles. The number of sulfonamides is 1. The fourth-order valence-electron chi connectivity index (χ4n) is 3.39. The first-order valence-corrected chi connectivity index (χ1v) is 11.3. The molecule has 10 heteroatoms. The Morgan fingerprint density at radius 1 is 1.06 bits per heavy atom. The Morgan fingerprint density at radius 3 is 2.53 bits per heavy atom. The van der Waals surface area contributed by atoms with Gasteiger partial charge in [-0.25, -0.2) is 18.4 Å². The molecule has 0 radical (unpaired) electrons. The van der Waals surface area contributed by atoms with Crippen molar-refractivity contribution in [2.75, 3.05) is 26.1 Å². The van der Waals surface area contributed by atoms with Gasteiger partial charge in [0.15, 0.2) is 0 Å². The van der Waals surface area contributed by atoms with Crippen molar-refractivity contribution in [3.05, 3.63) is 71.5 Å². The molecule has 166 valence electrons. The van der Waals surface area contributed by atoms with E-state index in [9.17, 15) is 13.2 Å². The smallest absolute Gasteiger partial charge is 0.258 e. The summed E-state index contributed by atoms with van der Waals surface area (Å²) in [5.74, 6) is 0.971. The highest BCUT2D eigenvalue weighted by Gasteiger charge is 2.29. The molecule has 3 aromatic rings. The second kappa shape index (κ2) is 8.93. The van der Waals surface area contributed by atoms with E-state index in [1.54, 1.807) is 42.6 Å². The molecule has 0 spiro atoms. The quantitative estimate of drug-likeness (QED) is 0.609. The number of hydrogen-bond donors (Lipinski definition) is 1. The molecule has 1 aromatic heterocycles. The van der Waals surface area contributed by atoms with E-state index in [-0.39, 0.29) is 29.8 Å². The van der Waals surface area contributed by atoms with Gasteiger partial charge in [0.25, 0.3) is 5.91 Å². The van der Waals surface area contributed by atoms with Crippen LogP contribution in [0.2, 0.25) is 0 Å². The Kier molecular flexibility index (Phi) is 6.06. The van der Waals surface area contributed by atoms with Crippen LogP contribution in [0, 0.1) is 0 Å². The molecule has 32 heavy (non-hydrogen) atoms. The molecule has 0 aliphatic carbocycles. The van der Waals surface area contributed by atoms with Gasteiger partial charge in [0.05, 0.1) is 24.8 Å². The number of amides is 1. The number of rotatable bonds is 6. The average Bonchev–Trinajstić information content (AvgIpc) is 2.83. The molecule has 0 atom stereocenters. The highest BCUT2D eigenvalue weighted by atomic mass is 32.2. The van der Waals surface area contributed by atoms with Crippen molar-refractivity contribution in [1.29, 1.82) is 0 Å². The van der Waals surface area contributed by atoms with Gasteiger partial charge in [-0.05, 0) is 42.5 Å². The van der Waals surface area contributed by atoms with Crippen LogP contribution in [0.15, 0.2) is 59.6 Å². The molecule has 1 aliphatic rings. The van der Waals surface area contributed by atoms with Crippen molar-refractivity contribution >= 4 is 21.9 Å². The first-order chi connectivity index (χ1) is 15.4. The Balaban J connectivity index is 1.48. The largest absolute Gasteiger partial charge is 0.497 e. The lowest BCUT2D eigenvalue weighted by molar-refractivity contribution is 0.102. The van der Waals surface area contributed by atoms with Gasteiger partial charge in [-0.15, -0.1) is 0 Å². The minimum atomic E-state index is -3.66. The van der Waals surface area contributed by atoms with Crippen molar-refractivity contribution < 1.29 is 22.7 Å². The lowest BCUT2D eigenvalue weighted by atomic mass is 10.1. The van der Waals surface area contributed by atoms with Gasteiger partial charge in [-0.1, -0.05) is 6.07 Å². The first-order valence-electron chi connectivity index (χ1n) is 9.85. The van der Waals surface area contributed by atoms with Crippen molar-refractivity contribution in [3.8, 4) is 11.5 Å². The summed E-state index contributed by atoms with van der Waals surface area (Å²) in [5, 5.41) is 2.68. The summed E-state index contributed by atoms with van der Waals surface area (Å²) in [6.45, 7) is 0.440. The average molecular weight is 455 g/mol. The lowest BCUT2D eigenvalue weighted by Gasteiger charge is -2.27. The van der Waals surface area contributed by atoms with E-state index in [0.717, 1.165) is 0 Å². The topological polar surface area (TPSA) is 111 Å². The predicted octanol–water partition coefficient (Wildman–Crippen LogP) is 2.49. The van der Waals surface area contributed by atoms with Crippen molar-refractivity contribution in [2.45, 2.75) is 17.9 Å². The number of carbonyl (C=O) groups excluding carboxylic acids is 1. The SMILES string of the molecule is COc1ccc(S(=O)(=O)N2CCc3nc(NC(=O)c4cccc(OC)c4)ncc3C2)cc1. The molecule has 9 nitrogen and oxygen atoms in total. The van der Waals surface area contributed by atoms with Gasteiger partial charge in [0.2, 0.25) is 16.0 Å². The van der Waals surface area contributed by atoms with Gasteiger partial charge in [-0.2, -0.15) is 4.31 Å². The summed E-state index contributed by atoms with van der Waals surface area (Å²) < 4.78 is 37.6. The van der Waals surface area contributed by atoms with Gasteiger partial charge in [0.1, 0.15) is 11.5 Å². The van der Waals surface area contributed by atoms with Crippen LogP contribution in [0.1, 0.15) is 21.6 Å². The third kappa shape index (κ3) is 4.41. The zero-order chi connectivity index (χ0) is 22.7. The number of carbonyl (C=O) groups is 1. The minimum absolute atomic E-state index is 0.161. The monoisotopic (exact) mass is 454 g/mol. The van der Waals surface area contributed by atoms with Gasteiger partial charge in [-0.3, -0.25) is 10.1 Å². The molecule has 0 saturated heterocycles. The number of aromatic nitrogens is 2. The Hall–Kier alpha value is -3.50. The van der Waals surface area contributed by atoms with Crippen LogP contribution < -0.4 is 14.8 Å². The molecule has 4 rings (SSSR count). The number of benzene rings is 2. The molecule has 1 amide bonds. The van der Waals surface area contributed by atoms with E-state index in [1.807, 2.05) is 0 Å². The van der Waals surface area contributed by atoms with Crippen LogP contribution >= 0.6 is 0 Å². The maximum Gasteiger partial charge on any atom is 0.258 e. The summed E-state index contributed by atoms with van der Waals surface area (Å²) in [6, 6.07) is 13.0. The number of ether oxygens (including phenoxy) is 2. The van der Waals surface area contributed by atoms with E-state index in [0.29, 0.717) is 34.7 Å². The molecule has 2 heterocycles. The third-order valence-corrected chi connectivity index (χ3v) is 7.01. The van der Waals surface area contributed by atoms with E-state index < -0.39 is 10.0 Å². The number of anilines is 1. The molecular formula is C22H22N4O5S. The highest BCUT2D eigenvalue weighted by molar-refractivity contribution is 7.89. The van der Waals surface area contributed by atoms with Crippen LogP contribution in [0.25, 0.3) is 0 Å². The molecular weight excluding hydrogens is 432 g/mol. The van der Waals surface area contributed by atoms with E-state index in [2.05, 4.69) is 15.3 Å². The molecule has 0 saturated carbocycles. The summed E-state index contributed by atoms with van der Waals surface area (Å²) >= 11 is 0. The Bertz CT molecular complexity index is 1250. The lowest BCUT2D eigenvalue weighted by Crippen LogP contribution is -2.36.